The molecule has 0 unspecified atom stereocenters. The third-order valence-electron chi connectivity index (χ3n) is 5.31. The van der Waals surface area contributed by atoms with Gasteiger partial charge in [0.25, 0.3) is 0 Å². The van der Waals surface area contributed by atoms with Gasteiger partial charge in [-0.25, -0.2) is 0 Å². The number of carbonyl (C=O) groups excluding carboxylic acids is 1. The van der Waals surface area contributed by atoms with E-state index in [2.05, 4.69) is 17.4 Å². The van der Waals surface area contributed by atoms with Crippen LogP contribution in [0.15, 0.2) is 28.8 Å². The Labute approximate surface area is 155 Å². The Morgan fingerprint density at radius 2 is 1.96 bits per heavy atom. The molecule has 1 aromatic carbocycles. The Hall–Kier alpha value is -2.30. The number of amides is 1. The highest BCUT2D eigenvalue weighted by molar-refractivity contribution is 5.78. The van der Waals surface area contributed by atoms with Crippen molar-refractivity contribution in [3.63, 3.8) is 0 Å². The molecule has 1 saturated carbocycles. The van der Waals surface area contributed by atoms with Gasteiger partial charge in [-0.2, -0.15) is 0 Å². The maximum absolute atomic E-state index is 12.3. The van der Waals surface area contributed by atoms with Crippen molar-refractivity contribution in [1.29, 1.82) is 0 Å². The lowest BCUT2D eigenvalue weighted by molar-refractivity contribution is -0.121. The van der Waals surface area contributed by atoms with Gasteiger partial charge in [0.2, 0.25) is 5.91 Å². The van der Waals surface area contributed by atoms with Crippen molar-refractivity contribution in [2.24, 2.45) is 5.92 Å². The zero-order valence-electron chi connectivity index (χ0n) is 15.9. The van der Waals surface area contributed by atoms with Crippen LogP contribution in [-0.2, 0) is 17.8 Å². The van der Waals surface area contributed by atoms with Crippen LogP contribution in [0.5, 0.6) is 5.75 Å². The van der Waals surface area contributed by atoms with Gasteiger partial charge in [-0.3, -0.25) is 4.79 Å². The predicted molar refractivity (Wildman–Crippen MR) is 100 cm³/mol. The Kier molecular flexibility index (Phi) is 5.96. The summed E-state index contributed by atoms with van der Waals surface area (Å²) >= 11 is 0. The van der Waals surface area contributed by atoms with Gasteiger partial charge < -0.3 is 14.6 Å². The second-order valence-electron chi connectivity index (χ2n) is 7.35. The smallest absolute Gasteiger partial charge is 0.224 e. The fourth-order valence-corrected chi connectivity index (χ4v) is 3.54. The van der Waals surface area contributed by atoms with E-state index in [0.29, 0.717) is 25.0 Å². The van der Waals surface area contributed by atoms with Crippen molar-refractivity contribution >= 4 is 5.91 Å². The lowest BCUT2D eigenvalue weighted by Gasteiger charge is -2.29. The summed E-state index contributed by atoms with van der Waals surface area (Å²) in [4.78, 5) is 12.3. The number of benzene rings is 1. The second kappa shape index (κ2) is 8.39. The number of ether oxygens (including phenoxy) is 1. The van der Waals surface area contributed by atoms with Crippen molar-refractivity contribution < 1.29 is 14.1 Å². The Morgan fingerprint density at radius 1 is 1.23 bits per heavy atom. The summed E-state index contributed by atoms with van der Waals surface area (Å²) in [6.45, 7) is 6.45. The molecule has 1 amide bonds. The van der Waals surface area contributed by atoms with Crippen LogP contribution in [0.4, 0.5) is 0 Å². The number of nitrogens with one attached hydrogen (secondary N) is 1. The summed E-state index contributed by atoms with van der Waals surface area (Å²) in [6.07, 6.45) is 5.21. The van der Waals surface area contributed by atoms with Gasteiger partial charge in [0.05, 0.1) is 17.7 Å². The number of nitrogens with zero attached hydrogens (tertiary/aromatic N) is 1. The van der Waals surface area contributed by atoms with Gasteiger partial charge in [0, 0.05) is 6.04 Å². The zero-order valence-corrected chi connectivity index (χ0v) is 15.9. The molecule has 140 valence electrons. The number of aryl methyl sites for hydroxylation is 2. The van der Waals surface area contributed by atoms with Crippen LogP contribution >= 0.6 is 0 Å². The molecule has 2 aromatic rings. The number of carbonyl (C=O) groups is 1. The van der Waals surface area contributed by atoms with Crippen LogP contribution in [-0.4, -0.2) is 17.1 Å². The molecule has 1 aromatic heterocycles. The molecule has 2 atom stereocenters. The number of hydrogen-bond donors (Lipinski definition) is 1. The SMILES string of the molecule is Cc1noc(C)c1COc1ccc(CC(=O)N[C@H]2CCCC[C@@H]2C)cc1. The highest BCUT2D eigenvalue weighted by atomic mass is 16.5. The Balaban J connectivity index is 1.50. The first kappa shape index (κ1) is 18.5. The summed E-state index contributed by atoms with van der Waals surface area (Å²) in [5.74, 6) is 2.24. The maximum atomic E-state index is 12.3. The Morgan fingerprint density at radius 3 is 2.62 bits per heavy atom. The summed E-state index contributed by atoms with van der Waals surface area (Å²) in [7, 11) is 0. The minimum absolute atomic E-state index is 0.105. The molecular weight excluding hydrogens is 328 g/mol. The van der Waals surface area contributed by atoms with E-state index in [1.165, 1.54) is 19.3 Å². The first-order valence-corrected chi connectivity index (χ1v) is 9.46. The van der Waals surface area contributed by atoms with E-state index >= 15 is 0 Å². The van der Waals surface area contributed by atoms with Crippen molar-refractivity contribution in [2.45, 2.75) is 65.5 Å². The molecule has 0 spiro atoms. The fourth-order valence-electron chi connectivity index (χ4n) is 3.54. The quantitative estimate of drug-likeness (QED) is 0.846. The predicted octanol–water partition coefficient (Wildman–Crippen LogP) is 4.11. The highest BCUT2D eigenvalue weighted by Crippen LogP contribution is 2.24. The van der Waals surface area contributed by atoms with Crippen molar-refractivity contribution in [3.05, 3.63) is 46.8 Å². The summed E-state index contributed by atoms with van der Waals surface area (Å²) in [5, 5.41) is 7.13. The summed E-state index contributed by atoms with van der Waals surface area (Å²) in [6, 6.07) is 8.04. The molecule has 5 heteroatoms. The molecule has 0 aliphatic heterocycles. The van der Waals surface area contributed by atoms with E-state index in [1.807, 2.05) is 38.1 Å². The van der Waals surface area contributed by atoms with Crippen LogP contribution in [0.1, 0.15) is 55.2 Å². The number of hydrogen-bond acceptors (Lipinski definition) is 4. The first-order valence-electron chi connectivity index (χ1n) is 9.46. The lowest BCUT2D eigenvalue weighted by atomic mass is 9.86. The van der Waals surface area contributed by atoms with E-state index in [-0.39, 0.29) is 5.91 Å². The third kappa shape index (κ3) is 4.65. The minimum Gasteiger partial charge on any atom is -0.489 e. The molecule has 0 bridgehead atoms. The zero-order chi connectivity index (χ0) is 18.5. The summed E-state index contributed by atoms with van der Waals surface area (Å²) < 4.78 is 10.9. The highest BCUT2D eigenvalue weighted by Gasteiger charge is 2.22. The molecular formula is C21H28N2O3. The van der Waals surface area contributed by atoms with E-state index in [9.17, 15) is 4.79 Å². The number of rotatable bonds is 6. The molecule has 0 saturated heterocycles. The van der Waals surface area contributed by atoms with E-state index in [0.717, 1.165) is 34.8 Å². The van der Waals surface area contributed by atoms with Crippen LogP contribution in [0.3, 0.4) is 0 Å². The molecule has 1 aliphatic carbocycles. The minimum atomic E-state index is 0.105. The molecule has 1 heterocycles. The standard InChI is InChI=1S/C21H28N2O3/c1-14-6-4-5-7-20(14)22-21(24)12-17-8-10-18(11-9-17)25-13-19-15(2)23-26-16(19)3/h8-11,14,20H,4-7,12-13H2,1-3H3,(H,22,24)/t14-,20-/m0/s1. The molecule has 1 N–H and O–H groups in total. The van der Waals surface area contributed by atoms with Gasteiger partial charge >= 0.3 is 0 Å². The Bertz CT molecular complexity index is 717. The maximum Gasteiger partial charge on any atom is 0.224 e. The number of aromatic nitrogens is 1. The monoisotopic (exact) mass is 356 g/mol. The molecule has 26 heavy (non-hydrogen) atoms. The van der Waals surface area contributed by atoms with E-state index in [4.69, 9.17) is 9.26 Å². The topological polar surface area (TPSA) is 64.4 Å². The molecule has 3 rings (SSSR count). The largest absolute Gasteiger partial charge is 0.489 e. The van der Waals surface area contributed by atoms with Gasteiger partial charge in [0.15, 0.2) is 0 Å². The van der Waals surface area contributed by atoms with Gasteiger partial charge in [0.1, 0.15) is 18.1 Å². The van der Waals surface area contributed by atoms with Crippen LogP contribution in [0.2, 0.25) is 0 Å². The normalized spacial score (nSPS) is 20.0. The van der Waals surface area contributed by atoms with Crippen molar-refractivity contribution in [3.8, 4) is 5.75 Å². The van der Waals surface area contributed by atoms with Crippen molar-refractivity contribution in [1.82, 2.24) is 10.5 Å². The average Bonchev–Trinajstić information content (AvgIpc) is 2.94. The summed E-state index contributed by atoms with van der Waals surface area (Å²) in [5.41, 5.74) is 2.83. The van der Waals surface area contributed by atoms with Crippen molar-refractivity contribution in [2.75, 3.05) is 0 Å². The first-order chi connectivity index (χ1) is 12.5. The third-order valence-corrected chi connectivity index (χ3v) is 5.31. The van der Waals surface area contributed by atoms with Crippen LogP contribution in [0.25, 0.3) is 0 Å². The average molecular weight is 356 g/mol. The van der Waals surface area contributed by atoms with Gasteiger partial charge in [-0.05, 0) is 50.3 Å². The molecule has 0 radical (unpaired) electrons. The van der Waals surface area contributed by atoms with Gasteiger partial charge in [-0.15, -0.1) is 0 Å². The lowest BCUT2D eigenvalue weighted by Crippen LogP contribution is -2.41. The van der Waals surface area contributed by atoms with E-state index < -0.39 is 0 Å². The molecule has 5 nitrogen and oxygen atoms in total. The molecule has 1 fully saturated rings. The van der Waals surface area contributed by atoms with Gasteiger partial charge in [-0.1, -0.05) is 37.1 Å². The second-order valence-corrected chi connectivity index (χ2v) is 7.35. The molecule has 1 aliphatic rings. The fraction of sp³-hybridized carbons (Fsp3) is 0.524. The van der Waals surface area contributed by atoms with Crippen LogP contribution < -0.4 is 10.1 Å². The van der Waals surface area contributed by atoms with E-state index in [1.54, 1.807) is 0 Å². The van der Waals surface area contributed by atoms with Crippen LogP contribution in [0, 0.1) is 19.8 Å².